The molecule has 5 heteroatoms. The predicted octanol–water partition coefficient (Wildman–Crippen LogP) is 3.79. The van der Waals surface area contributed by atoms with E-state index in [1.807, 2.05) is 30.3 Å². The Labute approximate surface area is 145 Å². The summed E-state index contributed by atoms with van der Waals surface area (Å²) >= 11 is 0. The van der Waals surface area contributed by atoms with Gasteiger partial charge in [0.2, 0.25) is 5.78 Å². The van der Waals surface area contributed by atoms with Crippen LogP contribution in [0.1, 0.15) is 22.8 Å². The van der Waals surface area contributed by atoms with Gasteiger partial charge in [-0.3, -0.25) is 9.59 Å². The van der Waals surface area contributed by atoms with Crippen LogP contribution in [0.2, 0.25) is 0 Å². The van der Waals surface area contributed by atoms with Gasteiger partial charge in [-0.15, -0.1) is 0 Å². The lowest BCUT2D eigenvalue weighted by Gasteiger charge is -2.03. The minimum atomic E-state index is -0.431. The summed E-state index contributed by atoms with van der Waals surface area (Å²) in [6, 6.07) is 12.2. The first-order valence-electron chi connectivity index (χ1n) is 7.65. The zero-order chi connectivity index (χ0) is 17.8. The number of ketones is 1. The third kappa shape index (κ3) is 3.61. The first kappa shape index (κ1) is 16.5. The molecule has 0 unspecified atom stereocenters. The summed E-state index contributed by atoms with van der Waals surface area (Å²) in [7, 11) is 1.60. The maximum absolute atomic E-state index is 12.3. The maximum atomic E-state index is 12.3. The number of fused-ring (bicyclic) bond motifs is 1. The van der Waals surface area contributed by atoms with Gasteiger partial charge in [0.25, 0.3) is 0 Å². The summed E-state index contributed by atoms with van der Waals surface area (Å²) in [5.74, 6) is 1.02. The summed E-state index contributed by atoms with van der Waals surface area (Å²) < 4.78 is 15.8. The number of Topliss-reactive ketones (excluding diaryl/α,β-unsaturated/α-hetero) is 1. The van der Waals surface area contributed by atoms with Crippen LogP contribution in [-0.2, 0) is 4.79 Å². The van der Waals surface area contributed by atoms with Gasteiger partial charge in [0.15, 0.2) is 5.76 Å². The minimum absolute atomic E-state index is 0.209. The second-order valence-corrected chi connectivity index (χ2v) is 5.31. The molecule has 1 aliphatic heterocycles. The second kappa shape index (κ2) is 7.05. The lowest BCUT2D eigenvalue weighted by Crippen LogP contribution is -2.01. The van der Waals surface area contributed by atoms with Crippen LogP contribution in [0.4, 0.5) is 0 Å². The van der Waals surface area contributed by atoms with Gasteiger partial charge in [0.05, 0.1) is 12.7 Å². The first-order valence-corrected chi connectivity index (χ1v) is 7.65. The Morgan fingerprint density at radius 2 is 1.96 bits per heavy atom. The molecule has 3 rings (SSSR count). The molecule has 0 aliphatic carbocycles. The number of carbonyl (C=O) groups excluding carboxylic acids is 2. The maximum Gasteiger partial charge on any atom is 0.308 e. The number of ether oxygens (including phenoxy) is 3. The number of benzene rings is 2. The second-order valence-electron chi connectivity index (χ2n) is 5.31. The molecule has 0 atom stereocenters. The molecule has 2 aromatic carbocycles. The largest absolute Gasteiger partial charge is 0.496 e. The fraction of sp³-hybridized carbons (Fsp3) is 0.100. The number of allylic oxidation sites excluding steroid dienone is 3. The molecule has 0 amide bonds. The van der Waals surface area contributed by atoms with E-state index < -0.39 is 5.97 Å². The minimum Gasteiger partial charge on any atom is -0.496 e. The Kier molecular flexibility index (Phi) is 4.66. The van der Waals surface area contributed by atoms with E-state index in [0.29, 0.717) is 17.1 Å². The summed E-state index contributed by atoms with van der Waals surface area (Å²) in [6.45, 7) is 1.31. The zero-order valence-corrected chi connectivity index (χ0v) is 13.8. The van der Waals surface area contributed by atoms with E-state index in [-0.39, 0.29) is 11.5 Å². The highest BCUT2D eigenvalue weighted by molar-refractivity contribution is 6.12. The van der Waals surface area contributed by atoms with Crippen molar-refractivity contribution in [2.45, 2.75) is 6.92 Å². The Bertz CT molecular complexity index is 893. The summed E-state index contributed by atoms with van der Waals surface area (Å²) in [6.07, 6.45) is 5.15. The van der Waals surface area contributed by atoms with Crippen LogP contribution in [0.25, 0.3) is 6.08 Å². The van der Waals surface area contributed by atoms with E-state index in [1.54, 1.807) is 31.4 Å². The van der Waals surface area contributed by atoms with Crippen molar-refractivity contribution in [3.63, 3.8) is 0 Å². The molecule has 0 bridgehead atoms. The monoisotopic (exact) mass is 336 g/mol. The van der Waals surface area contributed by atoms with Crippen molar-refractivity contribution in [1.82, 2.24) is 0 Å². The van der Waals surface area contributed by atoms with E-state index in [2.05, 4.69) is 0 Å². The van der Waals surface area contributed by atoms with Gasteiger partial charge in [-0.2, -0.15) is 0 Å². The van der Waals surface area contributed by atoms with Crippen molar-refractivity contribution < 1.29 is 23.8 Å². The lowest BCUT2D eigenvalue weighted by atomic mass is 10.1. The average Bonchev–Trinajstić information content (AvgIpc) is 2.90. The number of methoxy groups -OCH3 is 1. The third-order valence-electron chi connectivity index (χ3n) is 3.57. The van der Waals surface area contributed by atoms with E-state index in [4.69, 9.17) is 14.2 Å². The molecule has 25 heavy (non-hydrogen) atoms. The first-order chi connectivity index (χ1) is 12.1. The molecular weight excluding hydrogens is 320 g/mol. The molecule has 0 radical (unpaired) electrons. The fourth-order valence-electron chi connectivity index (χ4n) is 2.45. The standard InChI is InChI=1S/C20H16O5/c1-13(21)24-15-10-11-16-19(12-15)25-18(20(16)22)9-5-7-14-6-3-4-8-17(14)23-2/h3-12H,1-2H3/b7-5+,18-9-. The number of hydrogen-bond donors (Lipinski definition) is 0. The van der Waals surface area contributed by atoms with Crippen molar-refractivity contribution in [2.75, 3.05) is 7.11 Å². The van der Waals surface area contributed by atoms with Gasteiger partial charge < -0.3 is 14.2 Å². The molecule has 5 nitrogen and oxygen atoms in total. The third-order valence-corrected chi connectivity index (χ3v) is 3.57. The van der Waals surface area contributed by atoms with Gasteiger partial charge in [-0.1, -0.05) is 30.4 Å². The summed E-state index contributed by atoms with van der Waals surface area (Å²) in [5.41, 5.74) is 1.33. The molecular formula is C20H16O5. The highest BCUT2D eigenvalue weighted by Gasteiger charge is 2.27. The molecule has 0 spiro atoms. The molecule has 0 fully saturated rings. The summed E-state index contributed by atoms with van der Waals surface area (Å²) in [5, 5.41) is 0. The Morgan fingerprint density at radius 3 is 2.72 bits per heavy atom. The Morgan fingerprint density at radius 1 is 1.16 bits per heavy atom. The van der Waals surface area contributed by atoms with E-state index in [1.165, 1.54) is 13.0 Å². The Balaban J connectivity index is 1.80. The van der Waals surface area contributed by atoms with Crippen molar-refractivity contribution in [2.24, 2.45) is 0 Å². The molecule has 1 aliphatic rings. The fourth-order valence-corrected chi connectivity index (χ4v) is 2.45. The van der Waals surface area contributed by atoms with Crippen LogP contribution >= 0.6 is 0 Å². The topological polar surface area (TPSA) is 61.8 Å². The van der Waals surface area contributed by atoms with Gasteiger partial charge in [0, 0.05) is 18.6 Å². The van der Waals surface area contributed by atoms with Crippen LogP contribution in [0.15, 0.2) is 60.4 Å². The van der Waals surface area contributed by atoms with Crippen molar-refractivity contribution in [3.05, 3.63) is 71.5 Å². The molecule has 0 N–H and O–H groups in total. The number of para-hydroxylation sites is 1. The molecule has 2 aromatic rings. The smallest absolute Gasteiger partial charge is 0.308 e. The number of esters is 1. The zero-order valence-electron chi connectivity index (χ0n) is 13.8. The van der Waals surface area contributed by atoms with Crippen molar-refractivity contribution in [1.29, 1.82) is 0 Å². The lowest BCUT2D eigenvalue weighted by molar-refractivity contribution is -0.131. The van der Waals surface area contributed by atoms with Crippen LogP contribution in [0.3, 0.4) is 0 Å². The van der Waals surface area contributed by atoms with E-state index in [0.717, 1.165) is 11.3 Å². The van der Waals surface area contributed by atoms with Crippen molar-refractivity contribution >= 4 is 17.8 Å². The van der Waals surface area contributed by atoms with Crippen molar-refractivity contribution in [3.8, 4) is 17.2 Å². The predicted molar refractivity (Wildman–Crippen MR) is 92.8 cm³/mol. The van der Waals surface area contributed by atoms with Gasteiger partial charge in [-0.05, 0) is 24.3 Å². The van der Waals surface area contributed by atoms with Crippen LogP contribution in [0.5, 0.6) is 17.2 Å². The van der Waals surface area contributed by atoms with Crippen LogP contribution < -0.4 is 14.2 Å². The summed E-state index contributed by atoms with van der Waals surface area (Å²) in [4.78, 5) is 23.3. The van der Waals surface area contributed by atoms with E-state index in [9.17, 15) is 9.59 Å². The van der Waals surface area contributed by atoms with Crippen LogP contribution in [-0.4, -0.2) is 18.9 Å². The van der Waals surface area contributed by atoms with Gasteiger partial charge in [-0.25, -0.2) is 0 Å². The molecule has 0 saturated carbocycles. The van der Waals surface area contributed by atoms with Gasteiger partial charge >= 0.3 is 5.97 Å². The molecule has 0 saturated heterocycles. The van der Waals surface area contributed by atoms with E-state index >= 15 is 0 Å². The average molecular weight is 336 g/mol. The van der Waals surface area contributed by atoms with Crippen LogP contribution in [0, 0.1) is 0 Å². The molecule has 0 aromatic heterocycles. The Hall–Kier alpha value is -3.34. The van der Waals surface area contributed by atoms with Gasteiger partial charge in [0.1, 0.15) is 17.2 Å². The SMILES string of the molecule is COc1ccccc1/C=C/C=C1\Oc2cc(OC(C)=O)ccc2C1=O. The number of rotatable bonds is 4. The normalized spacial score (nSPS) is 14.5. The molecule has 1 heterocycles. The highest BCUT2D eigenvalue weighted by atomic mass is 16.5. The number of hydrogen-bond acceptors (Lipinski definition) is 5. The number of carbonyl (C=O) groups is 2. The highest BCUT2D eigenvalue weighted by Crippen LogP contribution is 2.34. The molecule has 126 valence electrons. The quantitative estimate of drug-likeness (QED) is 0.483.